The molecule has 2 fully saturated rings. The molecule has 0 bridgehead atoms. The lowest BCUT2D eigenvalue weighted by atomic mass is 9.96. The summed E-state index contributed by atoms with van der Waals surface area (Å²) in [5.74, 6) is -0.670. The first-order valence-electron chi connectivity index (χ1n) is 11.4. The highest BCUT2D eigenvalue weighted by atomic mass is 16.6. The Bertz CT molecular complexity index is 1030. The highest BCUT2D eigenvalue weighted by Gasteiger charge is 2.24. The molecule has 2 aliphatic rings. The summed E-state index contributed by atoms with van der Waals surface area (Å²) in [6.07, 6.45) is 4.70. The number of nitrogens with zero attached hydrogens (tertiary/aromatic N) is 3. The van der Waals surface area contributed by atoms with Gasteiger partial charge in [0.1, 0.15) is 0 Å². The Hall–Kier alpha value is -3.62. The van der Waals surface area contributed by atoms with Crippen molar-refractivity contribution in [3.8, 4) is 0 Å². The third-order valence-corrected chi connectivity index (χ3v) is 6.52. The van der Waals surface area contributed by atoms with E-state index in [1.165, 1.54) is 12.1 Å². The van der Waals surface area contributed by atoms with Crippen molar-refractivity contribution < 1.29 is 14.5 Å². The summed E-state index contributed by atoms with van der Waals surface area (Å²) in [5, 5.41) is 14.2. The molecule has 174 valence electrons. The molecule has 0 aliphatic carbocycles. The number of hydrogen-bond acceptors (Lipinski definition) is 6. The predicted octanol–water partition coefficient (Wildman–Crippen LogP) is 3.54. The molecular formula is C24H29N5O4. The lowest BCUT2D eigenvalue weighted by Gasteiger charge is -2.32. The zero-order valence-corrected chi connectivity index (χ0v) is 18.5. The van der Waals surface area contributed by atoms with Crippen molar-refractivity contribution in [3.05, 3.63) is 58.1 Å². The number of piperidine rings is 2. The maximum atomic E-state index is 13.1. The van der Waals surface area contributed by atoms with Gasteiger partial charge in [-0.3, -0.25) is 19.7 Å². The van der Waals surface area contributed by atoms with Crippen LogP contribution in [0.1, 0.15) is 42.5 Å². The van der Waals surface area contributed by atoms with Gasteiger partial charge in [0.25, 0.3) is 11.6 Å². The van der Waals surface area contributed by atoms with Gasteiger partial charge in [-0.05, 0) is 62.4 Å². The van der Waals surface area contributed by atoms with E-state index in [2.05, 4.69) is 15.1 Å². The van der Waals surface area contributed by atoms with Gasteiger partial charge in [-0.15, -0.1) is 0 Å². The van der Waals surface area contributed by atoms with E-state index in [1.54, 1.807) is 6.07 Å². The molecule has 3 N–H and O–H groups in total. The molecule has 2 aliphatic heterocycles. The predicted molar refractivity (Wildman–Crippen MR) is 128 cm³/mol. The first-order chi connectivity index (χ1) is 15.9. The van der Waals surface area contributed by atoms with Gasteiger partial charge in [-0.1, -0.05) is 0 Å². The minimum Gasteiger partial charge on any atom is -0.371 e. The van der Waals surface area contributed by atoms with E-state index >= 15 is 0 Å². The number of nitro groups is 1. The lowest BCUT2D eigenvalue weighted by Crippen LogP contribution is -2.38. The molecule has 0 saturated carbocycles. The molecule has 0 atom stereocenters. The Labute approximate surface area is 192 Å². The van der Waals surface area contributed by atoms with Gasteiger partial charge in [0.2, 0.25) is 5.91 Å². The molecule has 0 aromatic heterocycles. The molecule has 0 radical (unpaired) electrons. The average molecular weight is 452 g/mol. The largest absolute Gasteiger partial charge is 0.371 e. The van der Waals surface area contributed by atoms with Gasteiger partial charge in [0, 0.05) is 55.6 Å². The number of carbonyl (C=O) groups excluding carboxylic acids is 2. The zero-order chi connectivity index (χ0) is 23.4. The van der Waals surface area contributed by atoms with Crippen molar-refractivity contribution in [1.29, 1.82) is 0 Å². The van der Waals surface area contributed by atoms with Gasteiger partial charge in [-0.25, -0.2) is 0 Å². The maximum Gasteiger partial charge on any atom is 0.270 e. The normalized spacial score (nSPS) is 17.0. The number of anilines is 3. The summed E-state index contributed by atoms with van der Waals surface area (Å²) in [4.78, 5) is 39.6. The number of benzene rings is 2. The number of nitrogens with two attached hydrogens (primary N) is 1. The summed E-state index contributed by atoms with van der Waals surface area (Å²) < 4.78 is 0. The third kappa shape index (κ3) is 5.24. The van der Waals surface area contributed by atoms with Crippen molar-refractivity contribution >= 4 is 34.6 Å². The molecule has 9 heteroatoms. The highest BCUT2D eigenvalue weighted by molar-refractivity contribution is 6.08. The van der Waals surface area contributed by atoms with E-state index in [9.17, 15) is 19.7 Å². The van der Waals surface area contributed by atoms with E-state index in [0.717, 1.165) is 69.7 Å². The molecule has 0 spiro atoms. The van der Waals surface area contributed by atoms with Crippen molar-refractivity contribution in [1.82, 2.24) is 0 Å². The monoisotopic (exact) mass is 451 g/mol. The van der Waals surface area contributed by atoms with Crippen LogP contribution < -0.4 is 20.9 Å². The van der Waals surface area contributed by atoms with Crippen LogP contribution in [0.5, 0.6) is 0 Å². The van der Waals surface area contributed by atoms with Crippen molar-refractivity contribution in [2.75, 3.05) is 41.3 Å². The van der Waals surface area contributed by atoms with Gasteiger partial charge in [0.15, 0.2) is 0 Å². The van der Waals surface area contributed by atoms with E-state index in [1.807, 2.05) is 24.3 Å². The summed E-state index contributed by atoms with van der Waals surface area (Å²) in [5.41, 5.74) is 7.98. The van der Waals surface area contributed by atoms with Gasteiger partial charge >= 0.3 is 0 Å². The number of amides is 2. The van der Waals surface area contributed by atoms with Crippen LogP contribution in [-0.4, -0.2) is 42.9 Å². The van der Waals surface area contributed by atoms with Crippen molar-refractivity contribution in [2.45, 2.75) is 32.1 Å². The Balaban J connectivity index is 1.48. The van der Waals surface area contributed by atoms with Gasteiger partial charge in [0.05, 0.1) is 16.2 Å². The SMILES string of the molecule is NC(=O)C1CCN(c2ccc(NC(=O)c3cc([N+](=O)[O-])ccc3N3CCCCC3)cc2)CC1. The smallest absolute Gasteiger partial charge is 0.270 e. The second kappa shape index (κ2) is 9.89. The molecule has 2 heterocycles. The third-order valence-electron chi connectivity index (χ3n) is 6.52. The molecule has 0 unspecified atom stereocenters. The van der Waals surface area contributed by atoms with E-state index in [0.29, 0.717) is 11.3 Å². The fourth-order valence-electron chi connectivity index (χ4n) is 4.61. The van der Waals surface area contributed by atoms with E-state index in [4.69, 9.17) is 5.73 Å². The van der Waals surface area contributed by atoms with Crippen LogP contribution in [0.2, 0.25) is 0 Å². The first kappa shape index (κ1) is 22.6. The van der Waals surface area contributed by atoms with Crippen LogP contribution in [0.3, 0.4) is 0 Å². The standard InChI is InChI=1S/C24H29N5O4/c25-23(30)17-10-14-27(15-11-17)19-6-4-18(5-7-19)26-24(31)21-16-20(29(32)33)8-9-22(21)28-12-2-1-3-13-28/h4-9,16-17H,1-3,10-15H2,(H2,25,30)(H,26,31). The Kier molecular flexibility index (Phi) is 6.76. The molecule has 33 heavy (non-hydrogen) atoms. The van der Waals surface area contributed by atoms with Crippen LogP contribution in [-0.2, 0) is 4.79 Å². The molecule has 2 amide bonds. The highest BCUT2D eigenvalue weighted by Crippen LogP contribution is 2.29. The topological polar surface area (TPSA) is 122 Å². The van der Waals surface area contributed by atoms with Crippen molar-refractivity contribution in [3.63, 3.8) is 0 Å². The van der Waals surface area contributed by atoms with Crippen LogP contribution in [0, 0.1) is 16.0 Å². The molecule has 2 saturated heterocycles. The minimum absolute atomic E-state index is 0.0659. The van der Waals surface area contributed by atoms with Crippen LogP contribution in [0.15, 0.2) is 42.5 Å². The summed E-state index contributed by atoms with van der Waals surface area (Å²) in [6, 6.07) is 12.0. The van der Waals surface area contributed by atoms with Crippen molar-refractivity contribution in [2.24, 2.45) is 11.7 Å². The van der Waals surface area contributed by atoms with Crippen LogP contribution in [0.4, 0.5) is 22.7 Å². The number of rotatable bonds is 6. The summed E-state index contributed by atoms with van der Waals surface area (Å²) >= 11 is 0. The molecule has 9 nitrogen and oxygen atoms in total. The minimum atomic E-state index is -0.479. The Morgan fingerprint density at radius 3 is 2.21 bits per heavy atom. The van der Waals surface area contributed by atoms with Crippen LogP contribution >= 0.6 is 0 Å². The van der Waals surface area contributed by atoms with Crippen LogP contribution in [0.25, 0.3) is 0 Å². The molecule has 2 aromatic carbocycles. The number of nitro benzene ring substituents is 1. The number of nitrogens with one attached hydrogen (secondary N) is 1. The summed E-state index contributed by atoms with van der Waals surface area (Å²) in [6.45, 7) is 3.18. The fraction of sp³-hybridized carbons (Fsp3) is 0.417. The zero-order valence-electron chi connectivity index (χ0n) is 18.5. The van der Waals surface area contributed by atoms with E-state index < -0.39 is 4.92 Å². The molecular weight excluding hydrogens is 422 g/mol. The average Bonchev–Trinajstić information content (AvgIpc) is 2.84. The second-order valence-corrected chi connectivity index (χ2v) is 8.67. The second-order valence-electron chi connectivity index (χ2n) is 8.67. The Morgan fingerprint density at radius 1 is 0.939 bits per heavy atom. The number of hydrogen-bond donors (Lipinski definition) is 2. The maximum absolute atomic E-state index is 13.1. The Morgan fingerprint density at radius 2 is 1.61 bits per heavy atom. The molecule has 2 aromatic rings. The quantitative estimate of drug-likeness (QED) is 0.512. The number of carbonyl (C=O) groups is 2. The van der Waals surface area contributed by atoms with Gasteiger partial charge in [-0.2, -0.15) is 0 Å². The first-order valence-corrected chi connectivity index (χ1v) is 11.4. The summed E-state index contributed by atoms with van der Waals surface area (Å²) in [7, 11) is 0. The number of primary amides is 1. The van der Waals surface area contributed by atoms with E-state index in [-0.39, 0.29) is 23.4 Å². The number of non-ortho nitro benzene ring substituents is 1. The fourth-order valence-corrected chi connectivity index (χ4v) is 4.61. The lowest BCUT2D eigenvalue weighted by molar-refractivity contribution is -0.384. The molecule has 4 rings (SSSR count). The van der Waals surface area contributed by atoms with Gasteiger partial charge < -0.3 is 20.9 Å².